The minimum atomic E-state index is -0.671. The molecule has 0 bridgehead atoms. The predicted octanol–water partition coefficient (Wildman–Crippen LogP) is 1.47. The summed E-state index contributed by atoms with van der Waals surface area (Å²) in [6.45, 7) is 0.510. The van der Waals surface area contributed by atoms with Crippen LogP contribution in [0.3, 0.4) is 0 Å². The average Bonchev–Trinajstić information content (AvgIpc) is 2.67. The van der Waals surface area contributed by atoms with Crippen LogP contribution in [-0.2, 0) is 6.54 Å². The number of hydrogen-bond donors (Lipinski definition) is 2. The zero-order valence-corrected chi connectivity index (χ0v) is 8.59. The van der Waals surface area contributed by atoms with Crippen LogP contribution in [0.2, 0.25) is 0 Å². The number of nitrogens with one attached hydrogen (secondary N) is 2. The predicted molar refractivity (Wildman–Crippen MR) is 54.5 cm³/mol. The van der Waals surface area contributed by atoms with Crippen molar-refractivity contribution in [3.63, 3.8) is 0 Å². The quantitative estimate of drug-likeness (QED) is 0.830. The third kappa shape index (κ3) is 2.06. The first-order chi connectivity index (χ1) is 7.70. The number of benzene rings is 1. The van der Waals surface area contributed by atoms with Gasteiger partial charge in [0.05, 0.1) is 12.1 Å². The molecular formula is C10H10F2N4. The lowest BCUT2D eigenvalue weighted by atomic mass is 10.2. The third-order valence-electron chi connectivity index (χ3n) is 2.05. The van der Waals surface area contributed by atoms with Crippen molar-refractivity contribution in [1.29, 1.82) is 0 Å². The Morgan fingerprint density at radius 3 is 2.88 bits per heavy atom. The highest BCUT2D eigenvalue weighted by atomic mass is 19.1. The summed E-state index contributed by atoms with van der Waals surface area (Å²) in [6.07, 6.45) is 0. The van der Waals surface area contributed by atoms with Gasteiger partial charge in [-0.15, -0.1) is 0 Å². The molecule has 0 unspecified atom stereocenters. The van der Waals surface area contributed by atoms with E-state index in [0.29, 0.717) is 12.4 Å². The molecule has 84 valence electrons. The number of halogens is 2. The first-order valence-electron chi connectivity index (χ1n) is 4.72. The molecule has 4 nitrogen and oxygen atoms in total. The van der Waals surface area contributed by atoms with Gasteiger partial charge >= 0.3 is 0 Å². The number of nitrogens with zero attached hydrogens (tertiary/aromatic N) is 2. The maximum atomic E-state index is 13.4. The van der Waals surface area contributed by atoms with Gasteiger partial charge in [0.25, 0.3) is 0 Å². The summed E-state index contributed by atoms with van der Waals surface area (Å²) < 4.78 is 26.1. The van der Waals surface area contributed by atoms with Gasteiger partial charge < -0.3 is 5.32 Å². The lowest BCUT2D eigenvalue weighted by molar-refractivity contribution is 0.585. The van der Waals surface area contributed by atoms with Crippen molar-refractivity contribution < 1.29 is 8.78 Å². The van der Waals surface area contributed by atoms with Gasteiger partial charge in [-0.1, -0.05) is 0 Å². The maximum absolute atomic E-state index is 13.4. The molecule has 0 aliphatic rings. The van der Waals surface area contributed by atoms with Gasteiger partial charge in [0, 0.05) is 6.07 Å². The Labute approximate surface area is 90.7 Å². The van der Waals surface area contributed by atoms with Gasteiger partial charge in [0.2, 0.25) is 0 Å². The Balaban J connectivity index is 2.35. The largest absolute Gasteiger partial charge is 0.313 e. The summed E-state index contributed by atoms with van der Waals surface area (Å²) in [5.41, 5.74) is 0.181. The topological polar surface area (TPSA) is 53.6 Å². The number of aromatic amines is 1. The zero-order valence-electron chi connectivity index (χ0n) is 8.59. The van der Waals surface area contributed by atoms with Crippen LogP contribution >= 0.6 is 0 Å². The molecule has 0 amide bonds. The van der Waals surface area contributed by atoms with E-state index in [1.807, 2.05) is 0 Å². The van der Waals surface area contributed by atoms with Crippen molar-refractivity contribution in [2.75, 3.05) is 7.05 Å². The number of hydrogen-bond acceptors (Lipinski definition) is 3. The lowest BCUT2D eigenvalue weighted by Crippen LogP contribution is -2.06. The van der Waals surface area contributed by atoms with E-state index in [1.165, 1.54) is 12.1 Å². The van der Waals surface area contributed by atoms with E-state index in [0.717, 1.165) is 6.07 Å². The van der Waals surface area contributed by atoms with E-state index >= 15 is 0 Å². The molecular weight excluding hydrogens is 214 g/mol. The second kappa shape index (κ2) is 4.36. The Hall–Kier alpha value is -1.82. The first kappa shape index (κ1) is 10.7. The van der Waals surface area contributed by atoms with Gasteiger partial charge in [-0.25, -0.2) is 13.8 Å². The molecule has 0 saturated carbocycles. The smallest absolute Gasteiger partial charge is 0.184 e. The van der Waals surface area contributed by atoms with E-state index in [4.69, 9.17) is 0 Å². The van der Waals surface area contributed by atoms with Gasteiger partial charge in [-0.3, -0.25) is 5.10 Å². The van der Waals surface area contributed by atoms with Crippen molar-refractivity contribution in [1.82, 2.24) is 20.5 Å². The summed E-state index contributed by atoms with van der Waals surface area (Å²) >= 11 is 0. The molecule has 0 aliphatic carbocycles. The summed E-state index contributed by atoms with van der Waals surface area (Å²) in [5, 5.41) is 9.40. The van der Waals surface area contributed by atoms with Crippen molar-refractivity contribution >= 4 is 0 Å². The van der Waals surface area contributed by atoms with Crippen molar-refractivity contribution in [3.8, 4) is 11.4 Å². The molecule has 2 N–H and O–H groups in total. The minimum absolute atomic E-state index is 0.181. The lowest BCUT2D eigenvalue weighted by Gasteiger charge is -1.97. The SMILES string of the molecule is CNCc1nc(-c2ccc(F)cc2F)n[nH]1. The highest BCUT2D eigenvalue weighted by Crippen LogP contribution is 2.19. The fraction of sp³-hybridized carbons (Fsp3) is 0.200. The average molecular weight is 224 g/mol. The molecule has 0 radical (unpaired) electrons. The van der Waals surface area contributed by atoms with E-state index in [-0.39, 0.29) is 11.4 Å². The van der Waals surface area contributed by atoms with Gasteiger partial charge in [-0.2, -0.15) is 5.10 Å². The van der Waals surface area contributed by atoms with Crippen LogP contribution in [0.15, 0.2) is 18.2 Å². The molecule has 6 heteroatoms. The fourth-order valence-corrected chi connectivity index (χ4v) is 1.33. The maximum Gasteiger partial charge on any atom is 0.184 e. The Morgan fingerprint density at radius 1 is 1.38 bits per heavy atom. The molecule has 0 atom stereocenters. The highest BCUT2D eigenvalue weighted by Gasteiger charge is 2.11. The zero-order chi connectivity index (χ0) is 11.5. The van der Waals surface area contributed by atoms with Gasteiger partial charge in [0.1, 0.15) is 17.5 Å². The molecule has 1 aromatic heterocycles. The fourth-order valence-electron chi connectivity index (χ4n) is 1.33. The standard InChI is InChI=1S/C10H10F2N4/c1-13-5-9-14-10(16-15-9)7-3-2-6(11)4-8(7)12/h2-4,13H,5H2,1H3,(H,14,15,16). The van der Waals surface area contributed by atoms with E-state index in [9.17, 15) is 8.78 Å². The van der Waals surface area contributed by atoms with E-state index in [2.05, 4.69) is 20.5 Å². The van der Waals surface area contributed by atoms with Crippen LogP contribution in [0, 0.1) is 11.6 Å². The number of rotatable bonds is 3. The van der Waals surface area contributed by atoms with Gasteiger partial charge in [0.15, 0.2) is 5.82 Å². The molecule has 1 aromatic carbocycles. The van der Waals surface area contributed by atoms with E-state index < -0.39 is 11.6 Å². The van der Waals surface area contributed by atoms with Crippen LogP contribution in [-0.4, -0.2) is 22.2 Å². The van der Waals surface area contributed by atoms with Crippen LogP contribution < -0.4 is 5.32 Å². The molecule has 1 heterocycles. The molecule has 0 aliphatic heterocycles. The second-order valence-corrected chi connectivity index (χ2v) is 3.26. The molecule has 2 aromatic rings. The van der Waals surface area contributed by atoms with Crippen LogP contribution in [0.5, 0.6) is 0 Å². The molecule has 16 heavy (non-hydrogen) atoms. The van der Waals surface area contributed by atoms with Crippen LogP contribution in [0.4, 0.5) is 8.78 Å². The first-order valence-corrected chi connectivity index (χ1v) is 4.72. The minimum Gasteiger partial charge on any atom is -0.313 e. The monoisotopic (exact) mass is 224 g/mol. The Kier molecular flexibility index (Phi) is 2.91. The third-order valence-corrected chi connectivity index (χ3v) is 2.05. The summed E-state index contributed by atoms with van der Waals surface area (Å²) in [6, 6.07) is 3.30. The molecule has 0 spiro atoms. The van der Waals surface area contributed by atoms with E-state index in [1.54, 1.807) is 7.05 Å². The highest BCUT2D eigenvalue weighted by molar-refractivity contribution is 5.55. The number of H-pyrrole nitrogens is 1. The Bertz CT molecular complexity index is 495. The molecule has 0 fully saturated rings. The molecule has 0 saturated heterocycles. The van der Waals surface area contributed by atoms with Crippen molar-refractivity contribution in [2.24, 2.45) is 0 Å². The van der Waals surface area contributed by atoms with Gasteiger partial charge in [-0.05, 0) is 19.2 Å². The van der Waals surface area contributed by atoms with Crippen LogP contribution in [0.1, 0.15) is 5.82 Å². The Morgan fingerprint density at radius 2 is 2.19 bits per heavy atom. The summed E-state index contributed by atoms with van der Waals surface area (Å²) in [4.78, 5) is 4.07. The van der Waals surface area contributed by atoms with Crippen LogP contribution in [0.25, 0.3) is 11.4 Å². The summed E-state index contributed by atoms with van der Waals surface area (Å²) in [5.74, 6) is -0.466. The number of aromatic nitrogens is 3. The summed E-state index contributed by atoms with van der Waals surface area (Å²) in [7, 11) is 1.76. The van der Waals surface area contributed by atoms with Crippen molar-refractivity contribution in [2.45, 2.75) is 6.54 Å². The molecule has 2 rings (SSSR count). The second-order valence-electron chi connectivity index (χ2n) is 3.26. The van der Waals surface area contributed by atoms with Crippen molar-refractivity contribution in [3.05, 3.63) is 35.7 Å². The normalized spacial score (nSPS) is 10.7.